The SMILES string of the molecule is O=C(Nc1ccc(F)c(F)c1F)c1cc(Nc2cccc(Cl)c2)ccn1. The molecule has 0 aliphatic heterocycles. The first-order chi connectivity index (χ1) is 12.4. The molecule has 4 nitrogen and oxygen atoms in total. The van der Waals surface area contributed by atoms with Crippen LogP contribution in [-0.4, -0.2) is 10.9 Å². The number of pyridine rings is 1. The van der Waals surface area contributed by atoms with Gasteiger partial charge in [-0.25, -0.2) is 13.2 Å². The molecule has 0 bridgehead atoms. The van der Waals surface area contributed by atoms with Crippen LogP contribution in [-0.2, 0) is 0 Å². The Morgan fingerprint density at radius 1 is 0.962 bits per heavy atom. The molecule has 2 aromatic carbocycles. The number of nitrogens with zero attached hydrogens (tertiary/aromatic N) is 1. The third-order valence-electron chi connectivity index (χ3n) is 3.39. The summed E-state index contributed by atoms with van der Waals surface area (Å²) < 4.78 is 39.9. The van der Waals surface area contributed by atoms with Crippen LogP contribution in [0.2, 0.25) is 5.02 Å². The Balaban J connectivity index is 1.79. The second kappa shape index (κ2) is 7.45. The quantitative estimate of drug-likeness (QED) is 0.618. The molecule has 1 amide bonds. The van der Waals surface area contributed by atoms with E-state index in [0.717, 1.165) is 12.1 Å². The van der Waals surface area contributed by atoms with Gasteiger partial charge >= 0.3 is 0 Å². The van der Waals surface area contributed by atoms with Gasteiger partial charge in [-0.1, -0.05) is 17.7 Å². The number of amides is 1. The second-order valence-corrected chi connectivity index (χ2v) is 5.68. The summed E-state index contributed by atoms with van der Waals surface area (Å²) in [6.07, 6.45) is 1.38. The van der Waals surface area contributed by atoms with Gasteiger partial charge in [0.1, 0.15) is 5.69 Å². The predicted octanol–water partition coefficient (Wildman–Crippen LogP) is 5.15. The van der Waals surface area contributed by atoms with E-state index in [-0.39, 0.29) is 5.69 Å². The van der Waals surface area contributed by atoms with Crippen molar-refractivity contribution in [3.05, 3.63) is 82.9 Å². The summed E-state index contributed by atoms with van der Waals surface area (Å²) in [5.74, 6) is -5.25. The van der Waals surface area contributed by atoms with Crippen LogP contribution in [0.4, 0.5) is 30.2 Å². The third kappa shape index (κ3) is 3.94. The number of nitrogens with one attached hydrogen (secondary N) is 2. The minimum Gasteiger partial charge on any atom is -0.355 e. The molecule has 3 rings (SSSR count). The second-order valence-electron chi connectivity index (χ2n) is 5.24. The fraction of sp³-hybridized carbons (Fsp3) is 0. The highest BCUT2D eigenvalue weighted by Gasteiger charge is 2.16. The molecule has 0 atom stereocenters. The Kier molecular flexibility index (Phi) is 5.09. The molecule has 2 N–H and O–H groups in total. The summed E-state index contributed by atoms with van der Waals surface area (Å²) in [4.78, 5) is 16.1. The molecule has 3 aromatic rings. The lowest BCUT2D eigenvalue weighted by Crippen LogP contribution is -2.15. The summed E-state index contributed by atoms with van der Waals surface area (Å²) >= 11 is 5.91. The monoisotopic (exact) mass is 377 g/mol. The van der Waals surface area contributed by atoms with Crippen LogP contribution < -0.4 is 10.6 Å². The van der Waals surface area contributed by atoms with Gasteiger partial charge in [0.25, 0.3) is 5.91 Å². The number of halogens is 4. The number of benzene rings is 2. The Morgan fingerprint density at radius 3 is 2.50 bits per heavy atom. The maximum Gasteiger partial charge on any atom is 0.274 e. The van der Waals surface area contributed by atoms with E-state index in [4.69, 9.17) is 11.6 Å². The first-order valence-electron chi connectivity index (χ1n) is 7.37. The highest BCUT2D eigenvalue weighted by molar-refractivity contribution is 6.30. The van der Waals surface area contributed by atoms with Crippen LogP contribution in [0.1, 0.15) is 10.5 Å². The molecule has 1 heterocycles. The lowest BCUT2D eigenvalue weighted by molar-refractivity contribution is 0.102. The largest absolute Gasteiger partial charge is 0.355 e. The maximum atomic E-state index is 13.7. The molecule has 8 heteroatoms. The molecule has 0 aliphatic rings. The number of carbonyl (C=O) groups excluding carboxylic acids is 1. The molecule has 0 unspecified atom stereocenters. The molecule has 26 heavy (non-hydrogen) atoms. The van der Waals surface area contributed by atoms with E-state index in [1.54, 1.807) is 30.3 Å². The van der Waals surface area contributed by atoms with Crippen LogP contribution in [0.25, 0.3) is 0 Å². The summed E-state index contributed by atoms with van der Waals surface area (Å²) in [6.45, 7) is 0. The number of aromatic nitrogens is 1. The highest BCUT2D eigenvalue weighted by atomic mass is 35.5. The maximum absolute atomic E-state index is 13.7. The van der Waals surface area contributed by atoms with Crippen LogP contribution in [0.3, 0.4) is 0 Å². The highest BCUT2D eigenvalue weighted by Crippen LogP contribution is 2.22. The number of carbonyl (C=O) groups is 1. The Morgan fingerprint density at radius 2 is 1.73 bits per heavy atom. The topological polar surface area (TPSA) is 54.0 Å². The number of hydrogen-bond acceptors (Lipinski definition) is 3. The minimum absolute atomic E-state index is 0.0406. The van der Waals surface area contributed by atoms with Crippen LogP contribution in [0.5, 0.6) is 0 Å². The minimum atomic E-state index is -1.66. The van der Waals surface area contributed by atoms with E-state index >= 15 is 0 Å². The van der Waals surface area contributed by atoms with Crippen molar-refractivity contribution in [1.82, 2.24) is 4.98 Å². The zero-order valence-electron chi connectivity index (χ0n) is 13.1. The van der Waals surface area contributed by atoms with Gasteiger partial charge in [0.05, 0.1) is 5.69 Å². The zero-order chi connectivity index (χ0) is 18.7. The smallest absolute Gasteiger partial charge is 0.274 e. The molecular weight excluding hydrogens is 367 g/mol. The molecular formula is C18H11ClF3N3O. The lowest BCUT2D eigenvalue weighted by Gasteiger charge is -2.09. The summed E-state index contributed by atoms with van der Waals surface area (Å²) in [5, 5.41) is 5.74. The van der Waals surface area contributed by atoms with Crippen molar-refractivity contribution in [2.24, 2.45) is 0 Å². The Bertz CT molecular complexity index is 982. The molecule has 0 fully saturated rings. The average molecular weight is 378 g/mol. The van der Waals surface area contributed by atoms with E-state index in [1.165, 1.54) is 12.3 Å². The average Bonchev–Trinajstić information content (AvgIpc) is 2.62. The van der Waals surface area contributed by atoms with Crippen molar-refractivity contribution in [3.8, 4) is 0 Å². The molecule has 0 saturated carbocycles. The van der Waals surface area contributed by atoms with E-state index < -0.39 is 29.0 Å². The van der Waals surface area contributed by atoms with Crippen molar-refractivity contribution in [3.63, 3.8) is 0 Å². The lowest BCUT2D eigenvalue weighted by atomic mass is 10.2. The van der Waals surface area contributed by atoms with Crippen LogP contribution in [0.15, 0.2) is 54.7 Å². The number of anilines is 3. The fourth-order valence-corrected chi connectivity index (χ4v) is 2.36. The van der Waals surface area contributed by atoms with Crippen molar-refractivity contribution in [2.75, 3.05) is 10.6 Å². The summed E-state index contributed by atoms with van der Waals surface area (Å²) in [5.41, 5.74) is 0.713. The standard InChI is InChI=1S/C18H11ClF3N3O/c19-10-2-1-3-11(8-10)24-12-6-7-23-15(9-12)18(26)25-14-5-4-13(20)16(21)17(14)22/h1-9H,(H,23,24)(H,25,26). The fourth-order valence-electron chi connectivity index (χ4n) is 2.17. The zero-order valence-corrected chi connectivity index (χ0v) is 13.8. The first kappa shape index (κ1) is 17.8. The van der Waals surface area contributed by atoms with E-state index in [9.17, 15) is 18.0 Å². The third-order valence-corrected chi connectivity index (χ3v) is 3.62. The van der Waals surface area contributed by atoms with Gasteiger partial charge in [-0.2, -0.15) is 0 Å². The molecule has 0 saturated heterocycles. The van der Waals surface area contributed by atoms with Crippen LogP contribution in [0, 0.1) is 17.5 Å². The Labute approximate surface area is 151 Å². The van der Waals surface area contributed by atoms with Gasteiger partial charge < -0.3 is 10.6 Å². The molecule has 0 spiro atoms. The molecule has 1 aromatic heterocycles. The predicted molar refractivity (Wildman–Crippen MR) is 93.2 cm³/mol. The summed E-state index contributed by atoms with van der Waals surface area (Å²) in [6, 6.07) is 11.6. The van der Waals surface area contributed by atoms with Gasteiger partial charge in [-0.3, -0.25) is 9.78 Å². The van der Waals surface area contributed by atoms with Crippen molar-refractivity contribution in [2.45, 2.75) is 0 Å². The van der Waals surface area contributed by atoms with Gasteiger partial charge in [0.15, 0.2) is 17.5 Å². The van der Waals surface area contributed by atoms with Crippen LogP contribution >= 0.6 is 11.6 Å². The van der Waals surface area contributed by atoms with Crippen molar-refractivity contribution in [1.29, 1.82) is 0 Å². The van der Waals surface area contributed by atoms with Crippen molar-refractivity contribution >= 4 is 34.6 Å². The summed E-state index contributed by atoms with van der Waals surface area (Å²) in [7, 11) is 0. The molecule has 132 valence electrons. The van der Waals surface area contributed by atoms with Crippen molar-refractivity contribution < 1.29 is 18.0 Å². The van der Waals surface area contributed by atoms with Gasteiger partial charge in [0, 0.05) is 22.6 Å². The van der Waals surface area contributed by atoms with Gasteiger partial charge in [-0.05, 0) is 42.5 Å². The van der Waals surface area contributed by atoms with E-state index in [0.29, 0.717) is 16.4 Å². The number of rotatable bonds is 4. The first-order valence-corrected chi connectivity index (χ1v) is 7.75. The molecule has 0 aliphatic carbocycles. The number of hydrogen-bond donors (Lipinski definition) is 2. The van der Waals surface area contributed by atoms with E-state index in [1.807, 2.05) is 0 Å². The normalized spacial score (nSPS) is 10.5. The molecule has 0 radical (unpaired) electrons. The van der Waals surface area contributed by atoms with Gasteiger partial charge in [0.2, 0.25) is 0 Å². The van der Waals surface area contributed by atoms with Gasteiger partial charge in [-0.15, -0.1) is 0 Å². The van der Waals surface area contributed by atoms with E-state index in [2.05, 4.69) is 15.6 Å². The Hall–Kier alpha value is -3.06.